The quantitative estimate of drug-likeness (QED) is 0.510. The van der Waals surface area contributed by atoms with Crippen molar-refractivity contribution in [1.82, 2.24) is 15.3 Å². The van der Waals surface area contributed by atoms with Gasteiger partial charge in [0.2, 0.25) is 6.16 Å². The standard InChI is InChI=1S/C12H13N3.CH2O3.K/c1-3-13-4-2-10-8-12-11(7-9(1)10)14-5-6-15-12;2-1(3)4;/h5-8,13H,1-4H2;(H2,2,3,4);/q;;+1/p-1. The summed E-state index contributed by atoms with van der Waals surface area (Å²) in [5, 5.41) is 18.7. The molecule has 2 N–H and O–H groups in total. The fourth-order valence-electron chi connectivity index (χ4n) is 2.13. The Morgan fingerprint density at radius 2 is 1.50 bits per heavy atom. The van der Waals surface area contributed by atoms with E-state index in [2.05, 4.69) is 27.4 Å². The minimum atomic E-state index is -2.08. The van der Waals surface area contributed by atoms with Crippen LogP contribution in [0, 0.1) is 0 Å². The van der Waals surface area contributed by atoms with Crippen LogP contribution >= 0.6 is 0 Å². The Bertz CT molecular complexity index is 544. The van der Waals surface area contributed by atoms with Crippen LogP contribution in [0.4, 0.5) is 4.79 Å². The number of carboxylic acid groups (broad SMARTS) is 2. The Morgan fingerprint density at radius 1 is 1.10 bits per heavy atom. The molecule has 0 saturated heterocycles. The number of fused-ring (bicyclic) bond motifs is 2. The summed E-state index contributed by atoms with van der Waals surface area (Å²) in [4.78, 5) is 17.1. The second-order valence-corrected chi connectivity index (χ2v) is 4.18. The van der Waals surface area contributed by atoms with Crippen LogP contribution in [-0.2, 0) is 12.8 Å². The number of hydrogen-bond acceptors (Lipinski definition) is 5. The second-order valence-electron chi connectivity index (χ2n) is 4.18. The summed E-state index contributed by atoms with van der Waals surface area (Å²) in [6.07, 6.45) is 3.62. The molecule has 0 unspecified atom stereocenters. The first-order valence-corrected chi connectivity index (χ1v) is 6.00. The number of nitrogens with one attached hydrogen (secondary N) is 1. The molecular weight excluding hydrogens is 285 g/mol. The number of aromatic nitrogens is 2. The summed E-state index contributed by atoms with van der Waals surface area (Å²) in [7, 11) is 0. The van der Waals surface area contributed by atoms with E-state index in [1.165, 1.54) is 11.1 Å². The van der Waals surface area contributed by atoms with Crippen molar-refractivity contribution >= 4 is 17.2 Å². The average Bonchev–Trinajstić information content (AvgIpc) is 2.60. The molecule has 0 amide bonds. The van der Waals surface area contributed by atoms with Crippen LogP contribution in [0.1, 0.15) is 11.1 Å². The number of carbonyl (C=O) groups is 1. The average molecular weight is 299 g/mol. The van der Waals surface area contributed by atoms with Crippen molar-refractivity contribution < 1.29 is 66.4 Å². The third kappa shape index (κ3) is 5.08. The maximum atomic E-state index is 8.44. The number of benzene rings is 1. The normalized spacial score (nSPS) is 13.2. The van der Waals surface area contributed by atoms with E-state index < -0.39 is 6.16 Å². The van der Waals surface area contributed by atoms with Crippen molar-refractivity contribution in [2.75, 3.05) is 13.1 Å². The van der Waals surface area contributed by atoms with Crippen LogP contribution in [0.25, 0.3) is 11.0 Å². The second kappa shape index (κ2) is 8.66. The summed E-state index contributed by atoms with van der Waals surface area (Å²) in [6, 6.07) is 4.37. The van der Waals surface area contributed by atoms with Gasteiger partial charge in [0.05, 0.1) is 11.0 Å². The van der Waals surface area contributed by atoms with Gasteiger partial charge in [0.15, 0.2) is 0 Å². The van der Waals surface area contributed by atoms with Crippen LogP contribution in [-0.4, -0.2) is 34.3 Å². The molecule has 1 aromatic heterocycles. The van der Waals surface area contributed by atoms with Gasteiger partial charge in [0.1, 0.15) is 0 Å². The largest absolute Gasteiger partial charge is 1.00 e. The molecule has 7 heteroatoms. The SMILES string of the molecule is O=C([O-])O.[K+].c1cnc2cc3c(cc2n1)CCNCC3. The van der Waals surface area contributed by atoms with E-state index in [0.717, 1.165) is 37.0 Å². The molecule has 100 valence electrons. The van der Waals surface area contributed by atoms with Gasteiger partial charge < -0.3 is 20.3 Å². The van der Waals surface area contributed by atoms with Crippen LogP contribution in [0.3, 0.4) is 0 Å². The summed E-state index contributed by atoms with van der Waals surface area (Å²) in [5.41, 5.74) is 4.87. The summed E-state index contributed by atoms with van der Waals surface area (Å²) in [6.45, 7) is 2.14. The number of hydrogen-bond donors (Lipinski definition) is 2. The van der Waals surface area contributed by atoms with Crippen molar-refractivity contribution in [2.24, 2.45) is 0 Å². The Morgan fingerprint density at radius 3 is 1.90 bits per heavy atom. The monoisotopic (exact) mass is 299 g/mol. The molecule has 3 rings (SSSR count). The minimum Gasteiger partial charge on any atom is -0.565 e. The van der Waals surface area contributed by atoms with Gasteiger partial charge in [-0.1, -0.05) is 0 Å². The van der Waals surface area contributed by atoms with Gasteiger partial charge in [-0.05, 0) is 49.2 Å². The first kappa shape index (κ1) is 17.5. The van der Waals surface area contributed by atoms with Crippen molar-refractivity contribution in [2.45, 2.75) is 12.8 Å². The molecule has 20 heavy (non-hydrogen) atoms. The van der Waals surface area contributed by atoms with Crippen LogP contribution < -0.4 is 61.8 Å². The van der Waals surface area contributed by atoms with E-state index in [9.17, 15) is 0 Å². The molecule has 0 saturated carbocycles. The molecular formula is C13H14KN3O3. The van der Waals surface area contributed by atoms with Crippen LogP contribution in [0.5, 0.6) is 0 Å². The maximum absolute atomic E-state index is 8.44. The molecule has 2 aromatic rings. The predicted octanol–water partition coefficient (Wildman–Crippen LogP) is -2.79. The van der Waals surface area contributed by atoms with Gasteiger partial charge in [0, 0.05) is 12.4 Å². The van der Waals surface area contributed by atoms with E-state index >= 15 is 0 Å². The van der Waals surface area contributed by atoms with E-state index in [0.29, 0.717) is 0 Å². The van der Waals surface area contributed by atoms with Gasteiger partial charge in [-0.3, -0.25) is 9.97 Å². The maximum Gasteiger partial charge on any atom is 1.00 e. The molecule has 1 aromatic carbocycles. The summed E-state index contributed by atoms with van der Waals surface area (Å²) >= 11 is 0. The van der Waals surface area contributed by atoms with Crippen LogP contribution in [0.2, 0.25) is 0 Å². The zero-order chi connectivity index (χ0) is 13.7. The Labute approximate surface area is 159 Å². The van der Waals surface area contributed by atoms with E-state index in [-0.39, 0.29) is 51.4 Å². The van der Waals surface area contributed by atoms with Gasteiger partial charge >= 0.3 is 51.4 Å². The van der Waals surface area contributed by atoms with Crippen LogP contribution in [0.15, 0.2) is 24.5 Å². The molecule has 1 aliphatic heterocycles. The summed E-state index contributed by atoms with van der Waals surface area (Å²) < 4.78 is 0. The molecule has 0 radical (unpaired) electrons. The van der Waals surface area contributed by atoms with Crippen molar-refractivity contribution in [3.8, 4) is 0 Å². The smallest absolute Gasteiger partial charge is 0.565 e. The third-order valence-corrected chi connectivity index (χ3v) is 2.93. The third-order valence-electron chi connectivity index (χ3n) is 2.93. The molecule has 0 aliphatic carbocycles. The minimum absolute atomic E-state index is 0. The number of rotatable bonds is 0. The van der Waals surface area contributed by atoms with E-state index in [1.807, 2.05) is 0 Å². The van der Waals surface area contributed by atoms with Gasteiger partial charge in [0.25, 0.3) is 0 Å². The van der Waals surface area contributed by atoms with Crippen molar-refractivity contribution in [3.05, 3.63) is 35.7 Å². The Kier molecular flexibility index (Phi) is 7.56. The molecule has 1 aliphatic rings. The molecule has 0 bridgehead atoms. The van der Waals surface area contributed by atoms with Gasteiger partial charge in [-0.2, -0.15) is 0 Å². The summed E-state index contributed by atoms with van der Waals surface area (Å²) in [5.74, 6) is 0. The predicted molar refractivity (Wildman–Crippen MR) is 67.8 cm³/mol. The van der Waals surface area contributed by atoms with E-state index in [1.54, 1.807) is 12.4 Å². The zero-order valence-electron chi connectivity index (χ0n) is 11.3. The van der Waals surface area contributed by atoms with Crippen molar-refractivity contribution in [3.63, 3.8) is 0 Å². The van der Waals surface area contributed by atoms with Crippen molar-refractivity contribution in [1.29, 1.82) is 0 Å². The Balaban J connectivity index is 0.000000359. The fraction of sp³-hybridized carbons (Fsp3) is 0.308. The first-order valence-electron chi connectivity index (χ1n) is 6.00. The Hall–Kier alpha value is -0.574. The molecule has 2 heterocycles. The molecule has 0 atom stereocenters. The first-order chi connectivity index (χ1) is 9.16. The number of nitrogens with zero attached hydrogens (tertiary/aromatic N) is 2. The molecule has 0 fully saturated rings. The topological polar surface area (TPSA) is 98.2 Å². The fourth-order valence-corrected chi connectivity index (χ4v) is 2.13. The van der Waals surface area contributed by atoms with Gasteiger partial charge in [-0.25, -0.2) is 0 Å². The molecule has 6 nitrogen and oxygen atoms in total. The van der Waals surface area contributed by atoms with Gasteiger partial charge in [-0.15, -0.1) is 0 Å². The zero-order valence-corrected chi connectivity index (χ0v) is 14.4. The van der Waals surface area contributed by atoms with E-state index in [4.69, 9.17) is 15.0 Å². The molecule has 0 spiro atoms.